The Morgan fingerprint density at radius 3 is 2.65 bits per heavy atom. The van der Waals surface area contributed by atoms with Crippen molar-refractivity contribution in [3.63, 3.8) is 0 Å². The molecule has 0 saturated carbocycles. The number of amides is 1. The number of nitrogens with zero attached hydrogens (tertiary/aromatic N) is 3. The van der Waals surface area contributed by atoms with E-state index in [2.05, 4.69) is 46.4 Å². The van der Waals surface area contributed by atoms with E-state index in [0.29, 0.717) is 17.9 Å². The number of anilines is 2. The maximum Gasteiger partial charge on any atom is 0.222 e. The van der Waals surface area contributed by atoms with Gasteiger partial charge in [-0.2, -0.15) is 4.98 Å². The van der Waals surface area contributed by atoms with Crippen LogP contribution >= 0.6 is 0 Å². The highest BCUT2D eigenvalue weighted by Gasteiger charge is 2.29. The molecular weight excluding hydrogens is 328 g/mol. The third-order valence-corrected chi connectivity index (χ3v) is 4.76. The Morgan fingerprint density at radius 1 is 1.27 bits per heavy atom. The fourth-order valence-electron chi connectivity index (χ4n) is 3.00. The van der Waals surface area contributed by atoms with Gasteiger partial charge >= 0.3 is 0 Å². The van der Waals surface area contributed by atoms with Crippen LogP contribution in [0.3, 0.4) is 0 Å². The Bertz CT molecular complexity index is 763. The zero-order chi connectivity index (χ0) is 19.2. The van der Waals surface area contributed by atoms with Crippen LogP contribution in [-0.2, 0) is 11.2 Å². The van der Waals surface area contributed by atoms with Gasteiger partial charge in [0.05, 0.1) is 11.1 Å². The Hall–Kier alpha value is -2.44. The molecular formula is C19H30N6O. The van der Waals surface area contributed by atoms with Gasteiger partial charge in [-0.25, -0.2) is 4.98 Å². The molecule has 0 bridgehead atoms. The van der Waals surface area contributed by atoms with Gasteiger partial charge in [0.1, 0.15) is 5.52 Å². The van der Waals surface area contributed by atoms with Gasteiger partial charge in [0.25, 0.3) is 0 Å². The maximum atomic E-state index is 11.5. The molecule has 26 heavy (non-hydrogen) atoms. The highest BCUT2D eigenvalue weighted by atomic mass is 16.1. The average Bonchev–Trinajstić information content (AvgIpc) is 2.63. The summed E-state index contributed by atoms with van der Waals surface area (Å²) >= 11 is 0. The molecule has 0 radical (unpaired) electrons. The van der Waals surface area contributed by atoms with Crippen LogP contribution in [0, 0.1) is 0 Å². The van der Waals surface area contributed by atoms with Crippen LogP contribution < -0.4 is 16.4 Å². The lowest BCUT2D eigenvalue weighted by Gasteiger charge is -2.35. The van der Waals surface area contributed by atoms with Crippen molar-refractivity contribution < 1.29 is 4.79 Å². The summed E-state index contributed by atoms with van der Waals surface area (Å²) in [4.78, 5) is 24.8. The lowest BCUT2D eigenvalue weighted by Crippen LogP contribution is -2.48. The zero-order valence-corrected chi connectivity index (χ0v) is 16.2. The van der Waals surface area contributed by atoms with Crippen molar-refractivity contribution in [1.82, 2.24) is 20.3 Å². The molecule has 2 rings (SSSR count). The molecule has 0 aliphatic carbocycles. The van der Waals surface area contributed by atoms with E-state index in [4.69, 9.17) is 5.73 Å². The summed E-state index contributed by atoms with van der Waals surface area (Å²) in [6, 6.07) is 2.00. The van der Waals surface area contributed by atoms with E-state index in [1.807, 2.05) is 12.3 Å². The van der Waals surface area contributed by atoms with E-state index >= 15 is 0 Å². The molecule has 2 aromatic heterocycles. The first-order valence-electron chi connectivity index (χ1n) is 9.37. The van der Waals surface area contributed by atoms with Gasteiger partial charge < -0.3 is 16.4 Å². The van der Waals surface area contributed by atoms with E-state index in [-0.39, 0.29) is 17.4 Å². The summed E-state index contributed by atoms with van der Waals surface area (Å²) < 4.78 is 0. The molecule has 4 N–H and O–H groups in total. The number of unbranched alkanes of at least 4 members (excludes halogenated alkanes) is 1. The lowest BCUT2D eigenvalue weighted by atomic mass is 9.89. The molecule has 7 nitrogen and oxygen atoms in total. The SMILES string of the molecule is CCCC[C@](CC)(CNC(C)=O)Nc1nc(N)nc2cc(CC)cnc12. The third kappa shape index (κ3) is 4.80. The number of aromatic nitrogens is 3. The molecule has 0 fully saturated rings. The summed E-state index contributed by atoms with van der Waals surface area (Å²) in [5, 5.41) is 6.50. The van der Waals surface area contributed by atoms with Crippen molar-refractivity contribution in [2.24, 2.45) is 0 Å². The average molecular weight is 358 g/mol. The quantitative estimate of drug-likeness (QED) is 0.636. The standard InChI is InChI=1S/C19H30N6O/c1-5-8-9-19(7-3,12-22-13(4)26)25-17-16-15(23-18(20)24-17)10-14(6-2)11-21-16/h10-11H,5-9,12H2,1-4H3,(H,22,26)(H3,20,23,24,25)/t19-/m1/s1. The summed E-state index contributed by atoms with van der Waals surface area (Å²) in [6.45, 7) is 8.40. The van der Waals surface area contributed by atoms with Crippen LogP contribution in [0.2, 0.25) is 0 Å². The van der Waals surface area contributed by atoms with E-state index in [1.165, 1.54) is 6.92 Å². The Kier molecular flexibility index (Phi) is 6.71. The molecule has 2 aromatic rings. The number of fused-ring (bicyclic) bond motifs is 1. The van der Waals surface area contributed by atoms with Crippen LogP contribution in [0.4, 0.5) is 11.8 Å². The molecule has 142 valence electrons. The maximum absolute atomic E-state index is 11.5. The normalized spacial score (nSPS) is 13.4. The summed E-state index contributed by atoms with van der Waals surface area (Å²) in [5.74, 6) is 0.799. The molecule has 1 amide bonds. The third-order valence-electron chi connectivity index (χ3n) is 4.76. The second kappa shape index (κ2) is 8.78. The van der Waals surface area contributed by atoms with Gasteiger partial charge in [-0.05, 0) is 30.9 Å². The minimum Gasteiger partial charge on any atom is -0.368 e. The van der Waals surface area contributed by atoms with Gasteiger partial charge in [-0.15, -0.1) is 0 Å². The summed E-state index contributed by atoms with van der Waals surface area (Å²) in [7, 11) is 0. The van der Waals surface area contributed by atoms with Crippen molar-refractivity contribution in [2.75, 3.05) is 17.6 Å². The predicted molar refractivity (Wildman–Crippen MR) is 106 cm³/mol. The topological polar surface area (TPSA) is 106 Å². The van der Waals surface area contributed by atoms with Gasteiger partial charge in [0.15, 0.2) is 5.82 Å². The molecule has 1 atom stereocenters. The molecule has 0 aromatic carbocycles. The number of rotatable bonds is 9. The van der Waals surface area contributed by atoms with Crippen LogP contribution in [0.15, 0.2) is 12.3 Å². The first kappa shape index (κ1) is 19.9. The number of aryl methyl sites for hydroxylation is 1. The van der Waals surface area contributed by atoms with Crippen LogP contribution in [0.5, 0.6) is 0 Å². The smallest absolute Gasteiger partial charge is 0.222 e. The van der Waals surface area contributed by atoms with E-state index in [1.54, 1.807) is 0 Å². The number of carbonyl (C=O) groups is 1. The largest absolute Gasteiger partial charge is 0.368 e. The van der Waals surface area contributed by atoms with Gasteiger partial charge in [0, 0.05) is 19.7 Å². The van der Waals surface area contributed by atoms with Crippen LogP contribution in [-0.4, -0.2) is 32.9 Å². The number of carbonyl (C=O) groups excluding carboxylic acids is 1. The highest BCUT2D eigenvalue weighted by Crippen LogP contribution is 2.28. The number of pyridine rings is 1. The molecule has 0 aliphatic heterocycles. The first-order valence-corrected chi connectivity index (χ1v) is 9.37. The molecule has 0 spiro atoms. The van der Waals surface area contributed by atoms with Crippen molar-refractivity contribution in [2.45, 2.75) is 65.3 Å². The molecule has 7 heteroatoms. The number of hydrogen-bond donors (Lipinski definition) is 3. The van der Waals surface area contributed by atoms with Crippen molar-refractivity contribution >= 4 is 28.7 Å². The van der Waals surface area contributed by atoms with Crippen LogP contribution in [0.25, 0.3) is 11.0 Å². The number of nitrogens with two attached hydrogens (primary N) is 1. The van der Waals surface area contributed by atoms with E-state index < -0.39 is 0 Å². The monoisotopic (exact) mass is 358 g/mol. The predicted octanol–water partition coefficient (Wildman–Crippen LogP) is 3.06. The lowest BCUT2D eigenvalue weighted by molar-refractivity contribution is -0.119. The summed E-state index contributed by atoms with van der Waals surface area (Å²) in [6.07, 6.45) is 6.61. The fraction of sp³-hybridized carbons (Fsp3) is 0.579. The number of nitrogen functional groups attached to an aromatic ring is 1. The van der Waals surface area contributed by atoms with E-state index in [9.17, 15) is 4.79 Å². The number of nitrogens with one attached hydrogen (secondary N) is 2. The van der Waals surface area contributed by atoms with Gasteiger partial charge in [-0.1, -0.05) is 33.6 Å². The Balaban J connectivity index is 2.44. The molecule has 0 aliphatic rings. The first-order chi connectivity index (χ1) is 12.4. The Morgan fingerprint density at radius 2 is 2.04 bits per heavy atom. The second-order valence-corrected chi connectivity index (χ2v) is 6.77. The molecule has 0 unspecified atom stereocenters. The molecule has 2 heterocycles. The highest BCUT2D eigenvalue weighted by molar-refractivity contribution is 5.86. The Labute approximate surface area is 155 Å². The minimum atomic E-state index is -0.305. The van der Waals surface area contributed by atoms with Crippen LogP contribution in [0.1, 0.15) is 58.9 Å². The second-order valence-electron chi connectivity index (χ2n) is 6.77. The number of hydrogen-bond acceptors (Lipinski definition) is 6. The summed E-state index contributed by atoms with van der Waals surface area (Å²) in [5.41, 5.74) is 8.18. The van der Waals surface area contributed by atoms with Gasteiger partial charge in [0.2, 0.25) is 11.9 Å². The molecule has 0 saturated heterocycles. The van der Waals surface area contributed by atoms with E-state index in [0.717, 1.165) is 43.2 Å². The van der Waals surface area contributed by atoms with Crippen molar-refractivity contribution in [1.29, 1.82) is 0 Å². The van der Waals surface area contributed by atoms with Gasteiger partial charge in [-0.3, -0.25) is 9.78 Å². The zero-order valence-electron chi connectivity index (χ0n) is 16.2. The minimum absolute atomic E-state index is 0.0427. The van der Waals surface area contributed by atoms with Crippen molar-refractivity contribution in [3.8, 4) is 0 Å². The fourth-order valence-corrected chi connectivity index (χ4v) is 3.00. The van der Waals surface area contributed by atoms with Crippen molar-refractivity contribution in [3.05, 3.63) is 17.8 Å².